The van der Waals surface area contributed by atoms with E-state index >= 15 is 0 Å². The van der Waals surface area contributed by atoms with Crippen molar-refractivity contribution < 1.29 is 9.90 Å². The highest BCUT2D eigenvalue weighted by Crippen LogP contribution is 2.37. The number of thioether (sulfide) groups is 1. The highest BCUT2D eigenvalue weighted by molar-refractivity contribution is 7.98. The van der Waals surface area contributed by atoms with Gasteiger partial charge >= 0.3 is 5.97 Å². The molecule has 1 aromatic heterocycles. The Morgan fingerprint density at radius 1 is 1.19 bits per heavy atom. The summed E-state index contributed by atoms with van der Waals surface area (Å²) >= 11 is 3.47. The van der Waals surface area contributed by atoms with Crippen LogP contribution in [-0.2, 0) is 4.79 Å². The number of fused-ring (bicyclic) bond motifs is 1. The van der Waals surface area contributed by atoms with Gasteiger partial charge in [0.25, 0.3) is 0 Å². The molecule has 1 unspecified atom stereocenters. The van der Waals surface area contributed by atoms with Crippen LogP contribution in [0.15, 0.2) is 53.4 Å². The lowest BCUT2D eigenvalue weighted by Gasteiger charge is -2.35. The van der Waals surface area contributed by atoms with Crippen molar-refractivity contribution in [1.29, 1.82) is 0 Å². The van der Waals surface area contributed by atoms with E-state index in [1.165, 1.54) is 15.2 Å². The molecule has 6 heteroatoms. The highest BCUT2D eigenvalue weighted by Gasteiger charge is 2.31. The zero-order valence-electron chi connectivity index (χ0n) is 15.2. The molecule has 2 aromatic carbocycles. The van der Waals surface area contributed by atoms with Crippen LogP contribution in [0.4, 0.5) is 0 Å². The highest BCUT2D eigenvalue weighted by atomic mass is 32.2. The molecule has 1 fully saturated rings. The van der Waals surface area contributed by atoms with E-state index in [4.69, 9.17) is 4.98 Å². The molecule has 0 bridgehead atoms. The van der Waals surface area contributed by atoms with Gasteiger partial charge in [-0.15, -0.1) is 23.1 Å². The molecule has 1 N–H and O–H groups in total. The lowest BCUT2D eigenvalue weighted by atomic mass is 9.94. The smallest absolute Gasteiger partial charge is 0.306 e. The largest absolute Gasteiger partial charge is 0.481 e. The monoisotopic (exact) mass is 398 g/mol. The molecule has 0 aliphatic carbocycles. The molecular weight excluding hydrogens is 376 g/mol. The molecule has 4 nitrogen and oxygen atoms in total. The first-order valence-electron chi connectivity index (χ1n) is 9.12. The molecule has 0 spiro atoms. The van der Waals surface area contributed by atoms with E-state index in [0.29, 0.717) is 12.8 Å². The van der Waals surface area contributed by atoms with Gasteiger partial charge in [0.2, 0.25) is 0 Å². The normalized spacial score (nSPS) is 17.2. The molecule has 27 heavy (non-hydrogen) atoms. The van der Waals surface area contributed by atoms with Crippen LogP contribution in [-0.4, -0.2) is 40.3 Å². The van der Waals surface area contributed by atoms with Crippen molar-refractivity contribution in [2.75, 3.05) is 19.3 Å². The van der Waals surface area contributed by atoms with Gasteiger partial charge in [-0.25, -0.2) is 4.98 Å². The second-order valence-electron chi connectivity index (χ2n) is 6.84. The van der Waals surface area contributed by atoms with E-state index in [9.17, 15) is 9.90 Å². The fraction of sp³-hybridized carbons (Fsp3) is 0.333. The number of hydrogen-bond acceptors (Lipinski definition) is 5. The Kier molecular flexibility index (Phi) is 5.48. The van der Waals surface area contributed by atoms with Crippen molar-refractivity contribution in [3.8, 4) is 0 Å². The second kappa shape index (κ2) is 8.00. The summed E-state index contributed by atoms with van der Waals surface area (Å²) in [4.78, 5) is 19.9. The Bertz CT molecular complexity index is 898. The van der Waals surface area contributed by atoms with Crippen molar-refractivity contribution >= 4 is 39.3 Å². The average molecular weight is 399 g/mol. The van der Waals surface area contributed by atoms with Crippen LogP contribution in [0.25, 0.3) is 10.2 Å². The number of piperidine rings is 1. The minimum atomic E-state index is -0.671. The number of carboxylic acid groups (broad SMARTS) is 1. The average Bonchev–Trinajstić information content (AvgIpc) is 3.12. The molecule has 0 radical (unpaired) electrons. The molecule has 1 aliphatic heterocycles. The van der Waals surface area contributed by atoms with E-state index in [1.807, 2.05) is 12.1 Å². The van der Waals surface area contributed by atoms with Crippen molar-refractivity contribution in [1.82, 2.24) is 9.88 Å². The van der Waals surface area contributed by atoms with E-state index in [1.54, 1.807) is 23.1 Å². The molecule has 140 valence electrons. The fourth-order valence-electron chi connectivity index (χ4n) is 3.71. The maximum atomic E-state index is 11.3. The Hall–Kier alpha value is -1.89. The van der Waals surface area contributed by atoms with Crippen molar-refractivity contribution in [2.24, 2.45) is 5.92 Å². The molecule has 4 rings (SSSR count). The third-order valence-corrected chi connectivity index (χ3v) is 7.05. The number of likely N-dealkylation sites (tertiary alicyclic amines) is 1. The summed E-state index contributed by atoms with van der Waals surface area (Å²) < 4.78 is 1.19. The SMILES string of the molecule is CSc1ccc(C(c2nc3ccccc3s2)N2CCC(C(=O)O)CC2)cc1. The van der Waals surface area contributed by atoms with Crippen LogP contribution >= 0.6 is 23.1 Å². The first-order chi connectivity index (χ1) is 13.2. The van der Waals surface area contributed by atoms with Gasteiger partial charge in [-0.05, 0) is 62.0 Å². The number of carboxylic acids is 1. The number of para-hydroxylation sites is 1. The lowest BCUT2D eigenvalue weighted by Crippen LogP contribution is -2.39. The van der Waals surface area contributed by atoms with Crippen LogP contribution in [0.2, 0.25) is 0 Å². The van der Waals surface area contributed by atoms with Gasteiger partial charge in [-0.3, -0.25) is 9.69 Å². The van der Waals surface area contributed by atoms with Crippen LogP contribution in [0, 0.1) is 5.92 Å². The summed E-state index contributed by atoms with van der Waals surface area (Å²) in [6.07, 6.45) is 3.47. The standard InChI is InChI=1S/C21H22N2O2S2/c1-26-16-8-6-14(7-9-16)19(23-12-10-15(11-13-23)21(24)25)20-22-17-4-2-3-5-18(17)27-20/h2-9,15,19H,10-13H2,1H3,(H,24,25). The van der Waals surface area contributed by atoms with Gasteiger partial charge in [0.15, 0.2) is 0 Å². The van der Waals surface area contributed by atoms with E-state index in [2.05, 4.69) is 47.6 Å². The fourth-order valence-corrected chi connectivity index (χ4v) is 5.25. The molecule has 2 heterocycles. The van der Waals surface area contributed by atoms with Crippen molar-refractivity contribution in [3.05, 3.63) is 59.1 Å². The number of aromatic nitrogens is 1. The second-order valence-corrected chi connectivity index (χ2v) is 8.79. The van der Waals surface area contributed by atoms with Crippen LogP contribution in [0.3, 0.4) is 0 Å². The third kappa shape index (κ3) is 3.88. The van der Waals surface area contributed by atoms with E-state index < -0.39 is 5.97 Å². The quantitative estimate of drug-likeness (QED) is 0.619. The number of benzene rings is 2. The van der Waals surface area contributed by atoms with E-state index in [0.717, 1.165) is 23.6 Å². The van der Waals surface area contributed by atoms with Gasteiger partial charge in [0, 0.05) is 4.90 Å². The van der Waals surface area contributed by atoms with Crippen LogP contribution in [0.1, 0.15) is 29.5 Å². The van der Waals surface area contributed by atoms with Crippen molar-refractivity contribution in [2.45, 2.75) is 23.8 Å². The Labute approximate surface area is 167 Å². The number of nitrogens with zero attached hydrogens (tertiary/aromatic N) is 2. The zero-order valence-corrected chi connectivity index (χ0v) is 16.8. The molecule has 1 aliphatic rings. The first kappa shape index (κ1) is 18.5. The van der Waals surface area contributed by atoms with Gasteiger partial charge in [0.1, 0.15) is 5.01 Å². The maximum Gasteiger partial charge on any atom is 0.306 e. The summed E-state index contributed by atoms with van der Waals surface area (Å²) in [6.45, 7) is 1.56. The zero-order chi connectivity index (χ0) is 18.8. The van der Waals surface area contributed by atoms with Crippen LogP contribution in [0.5, 0.6) is 0 Å². The molecular formula is C21H22N2O2S2. The topological polar surface area (TPSA) is 53.4 Å². The molecule has 0 amide bonds. The van der Waals surface area contributed by atoms with Crippen molar-refractivity contribution in [3.63, 3.8) is 0 Å². The van der Waals surface area contributed by atoms with Crippen LogP contribution < -0.4 is 0 Å². The predicted octanol–water partition coefficient (Wildman–Crippen LogP) is 4.90. The van der Waals surface area contributed by atoms with Gasteiger partial charge in [0.05, 0.1) is 22.2 Å². The lowest BCUT2D eigenvalue weighted by molar-refractivity contribution is -0.143. The molecule has 3 aromatic rings. The van der Waals surface area contributed by atoms with Gasteiger partial charge in [-0.2, -0.15) is 0 Å². The Balaban J connectivity index is 1.69. The predicted molar refractivity (Wildman–Crippen MR) is 112 cm³/mol. The summed E-state index contributed by atoms with van der Waals surface area (Å²) in [7, 11) is 0. The minimum Gasteiger partial charge on any atom is -0.481 e. The summed E-state index contributed by atoms with van der Waals surface area (Å²) in [6, 6.07) is 17.0. The molecule has 1 saturated heterocycles. The number of carbonyl (C=O) groups is 1. The number of thiazole rings is 1. The Morgan fingerprint density at radius 3 is 2.52 bits per heavy atom. The Morgan fingerprint density at radius 2 is 1.89 bits per heavy atom. The van der Waals surface area contributed by atoms with E-state index in [-0.39, 0.29) is 12.0 Å². The van der Waals surface area contributed by atoms with Gasteiger partial charge in [-0.1, -0.05) is 24.3 Å². The summed E-state index contributed by atoms with van der Waals surface area (Å²) in [5.74, 6) is -0.897. The summed E-state index contributed by atoms with van der Waals surface area (Å²) in [5, 5.41) is 10.4. The number of rotatable bonds is 5. The minimum absolute atomic E-state index is 0.0769. The summed E-state index contributed by atoms with van der Waals surface area (Å²) in [5.41, 5.74) is 2.25. The maximum absolute atomic E-state index is 11.3. The number of aliphatic carboxylic acids is 1. The first-order valence-corrected chi connectivity index (χ1v) is 11.2. The number of hydrogen-bond donors (Lipinski definition) is 1. The third-order valence-electron chi connectivity index (χ3n) is 5.22. The molecule has 1 atom stereocenters. The van der Waals surface area contributed by atoms with Gasteiger partial charge < -0.3 is 5.11 Å². The molecule has 0 saturated carbocycles.